The summed E-state index contributed by atoms with van der Waals surface area (Å²) in [5.74, 6) is 1.10. The molecule has 0 aliphatic carbocycles. The Hall–Kier alpha value is -0.570. The molecule has 3 N–H and O–H groups in total. The van der Waals surface area contributed by atoms with Crippen molar-refractivity contribution in [3.63, 3.8) is 0 Å². The van der Waals surface area contributed by atoms with Gasteiger partial charge in [-0.2, -0.15) is 0 Å². The molecule has 1 atom stereocenters. The van der Waals surface area contributed by atoms with Gasteiger partial charge in [0, 0.05) is 13.1 Å². The molecule has 16 heavy (non-hydrogen) atoms. The highest BCUT2D eigenvalue weighted by Gasteiger charge is 2.46. The SMILES string of the molecule is CC(C)CC1(CC(C)C)CNCC1C(N)=O. The predicted molar refractivity (Wildman–Crippen MR) is 66.9 cm³/mol. The maximum atomic E-state index is 11.6. The fourth-order valence-corrected chi connectivity index (χ4v) is 3.35. The predicted octanol–water partition coefficient (Wildman–Crippen LogP) is 1.77. The van der Waals surface area contributed by atoms with E-state index in [4.69, 9.17) is 5.73 Å². The lowest BCUT2D eigenvalue weighted by atomic mass is 9.67. The fraction of sp³-hybridized carbons (Fsp3) is 0.923. The minimum atomic E-state index is -0.133. The van der Waals surface area contributed by atoms with Gasteiger partial charge in [-0.1, -0.05) is 27.7 Å². The molecule has 0 bridgehead atoms. The van der Waals surface area contributed by atoms with Crippen molar-refractivity contribution >= 4 is 5.91 Å². The first kappa shape index (κ1) is 13.5. The molecule has 3 nitrogen and oxygen atoms in total. The van der Waals surface area contributed by atoms with Crippen LogP contribution in [-0.4, -0.2) is 19.0 Å². The smallest absolute Gasteiger partial charge is 0.222 e. The molecule has 0 radical (unpaired) electrons. The Morgan fingerprint density at radius 1 is 1.31 bits per heavy atom. The Morgan fingerprint density at radius 3 is 2.19 bits per heavy atom. The molecule has 3 heteroatoms. The zero-order valence-electron chi connectivity index (χ0n) is 11.0. The minimum absolute atomic E-state index is 0.0114. The highest BCUT2D eigenvalue weighted by atomic mass is 16.1. The van der Waals surface area contributed by atoms with E-state index < -0.39 is 0 Å². The number of primary amides is 1. The maximum absolute atomic E-state index is 11.6. The standard InChI is InChI=1S/C13H26N2O/c1-9(2)5-13(6-10(3)4)8-15-7-11(13)12(14)16/h9-11,15H,5-8H2,1-4H3,(H2,14,16). The van der Waals surface area contributed by atoms with E-state index in [1.54, 1.807) is 0 Å². The summed E-state index contributed by atoms with van der Waals surface area (Å²) in [6.07, 6.45) is 2.18. The largest absolute Gasteiger partial charge is 0.369 e. The number of carbonyl (C=O) groups excluding carboxylic acids is 1. The van der Waals surface area contributed by atoms with Crippen LogP contribution in [0.5, 0.6) is 0 Å². The Bertz CT molecular complexity index is 238. The highest BCUT2D eigenvalue weighted by molar-refractivity contribution is 5.78. The van der Waals surface area contributed by atoms with Crippen LogP contribution in [0.2, 0.25) is 0 Å². The second-order valence-corrected chi connectivity index (χ2v) is 6.14. The van der Waals surface area contributed by atoms with Crippen molar-refractivity contribution in [1.29, 1.82) is 0 Å². The van der Waals surface area contributed by atoms with Gasteiger partial charge in [0.05, 0.1) is 5.92 Å². The quantitative estimate of drug-likeness (QED) is 0.750. The van der Waals surface area contributed by atoms with Gasteiger partial charge in [-0.3, -0.25) is 4.79 Å². The minimum Gasteiger partial charge on any atom is -0.369 e. The van der Waals surface area contributed by atoms with Gasteiger partial charge in [0.25, 0.3) is 0 Å². The lowest BCUT2D eigenvalue weighted by molar-refractivity contribution is -0.125. The van der Waals surface area contributed by atoms with E-state index in [0.717, 1.165) is 25.9 Å². The number of hydrogen-bond acceptors (Lipinski definition) is 2. The summed E-state index contributed by atoms with van der Waals surface area (Å²) in [6, 6.07) is 0. The van der Waals surface area contributed by atoms with E-state index in [1.165, 1.54) is 0 Å². The van der Waals surface area contributed by atoms with Crippen molar-refractivity contribution in [1.82, 2.24) is 5.32 Å². The number of nitrogens with one attached hydrogen (secondary N) is 1. The van der Waals surface area contributed by atoms with Crippen LogP contribution < -0.4 is 11.1 Å². The van der Waals surface area contributed by atoms with Gasteiger partial charge in [0.2, 0.25) is 5.91 Å². The van der Waals surface area contributed by atoms with Crippen molar-refractivity contribution < 1.29 is 4.79 Å². The average molecular weight is 226 g/mol. The van der Waals surface area contributed by atoms with Gasteiger partial charge in [-0.05, 0) is 30.1 Å². The van der Waals surface area contributed by atoms with Gasteiger partial charge in [0.15, 0.2) is 0 Å². The van der Waals surface area contributed by atoms with Gasteiger partial charge >= 0.3 is 0 Å². The zero-order valence-corrected chi connectivity index (χ0v) is 11.0. The third-order valence-corrected chi connectivity index (χ3v) is 3.54. The van der Waals surface area contributed by atoms with Crippen LogP contribution in [0, 0.1) is 23.2 Å². The summed E-state index contributed by atoms with van der Waals surface area (Å²) in [4.78, 5) is 11.6. The summed E-state index contributed by atoms with van der Waals surface area (Å²) in [5, 5.41) is 3.35. The highest BCUT2D eigenvalue weighted by Crippen LogP contribution is 2.42. The molecule has 1 fully saturated rings. The molecule has 1 aliphatic rings. The summed E-state index contributed by atoms with van der Waals surface area (Å²) in [5.41, 5.74) is 5.64. The monoisotopic (exact) mass is 226 g/mol. The third kappa shape index (κ3) is 2.97. The molecule has 0 saturated carbocycles. The van der Waals surface area contributed by atoms with E-state index in [0.29, 0.717) is 11.8 Å². The summed E-state index contributed by atoms with van der Waals surface area (Å²) < 4.78 is 0. The Labute approximate surface area is 99.2 Å². The first-order valence-corrected chi connectivity index (χ1v) is 6.37. The number of amides is 1. The lowest BCUT2D eigenvalue weighted by Crippen LogP contribution is -2.40. The average Bonchev–Trinajstić information content (AvgIpc) is 2.45. The van der Waals surface area contributed by atoms with Crippen LogP contribution in [0.15, 0.2) is 0 Å². The molecule has 1 amide bonds. The van der Waals surface area contributed by atoms with Crippen LogP contribution in [0.3, 0.4) is 0 Å². The van der Waals surface area contributed by atoms with Crippen LogP contribution >= 0.6 is 0 Å². The molecule has 1 aliphatic heterocycles. The molecular formula is C13H26N2O. The molecule has 1 heterocycles. The molecule has 1 unspecified atom stereocenters. The van der Waals surface area contributed by atoms with Crippen molar-refractivity contribution in [2.75, 3.05) is 13.1 Å². The van der Waals surface area contributed by atoms with Gasteiger partial charge in [-0.25, -0.2) is 0 Å². The van der Waals surface area contributed by atoms with Crippen molar-refractivity contribution in [3.05, 3.63) is 0 Å². The van der Waals surface area contributed by atoms with Crippen LogP contribution in [0.4, 0.5) is 0 Å². The third-order valence-electron chi connectivity index (χ3n) is 3.54. The van der Waals surface area contributed by atoms with Gasteiger partial charge < -0.3 is 11.1 Å². The number of rotatable bonds is 5. The molecule has 0 spiro atoms. The Balaban J connectivity index is 2.87. The molecule has 94 valence electrons. The number of nitrogens with two attached hydrogens (primary N) is 1. The Morgan fingerprint density at radius 2 is 1.81 bits per heavy atom. The molecule has 1 saturated heterocycles. The first-order chi connectivity index (χ1) is 7.37. The van der Waals surface area contributed by atoms with Gasteiger partial charge in [-0.15, -0.1) is 0 Å². The number of hydrogen-bond donors (Lipinski definition) is 2. The van der Waals surface area contributed by atoms with E-state index in [1.807, 2.05) is 0 Å². The molecule has 0 aromatic heterocycles. The van der Waals surface area contributed by atoms with Crippen LogP contribution in [0.1, 0.15) is 40.5 Å². The second kappa shape index (κ2) is 5.17. The fourth-order valence-electron chi connectivity index (χ4n) is 3.35. The maximum Gasteiger partial charge on any atom is 0.222 e. The van der Waals surface area contributed by atoms with Gasteiger partial charge in [0.1, 0.15) is 0 Å². The summed E-state index contributed by atoms with van der Waals surface area (Å²) in [7, 11) is 0. The Kier molecular flexibility index (Phi) is 4.36. The van der Waals surface area contributed by atoms with Crippen molar-refractivity contribution in [2.24, 2.45) is 28.9 Å². The molecule has 1 rings (SSSR count). The summed E-state index contributed by atoms with van der Waals surface area (Å²) in [6.45, 7) is 10.6. The summed E-state index contributed by atoms with van der Waals surface area (Å²) >= 11 is 0. The number of carbonyl (C=O) groups is 1. The van der Waals surface area contributed by atoms with Crippen molar-refractivity contribution in [2.45, 2.75) is 40.5 Å². The van der Waals surface area contributed by atoms with Crippen molar-refractivity contribution in [3.8, 4) is 0 Å². The zero-order chi connectivity index (χ0) is 12.3. The molecular weight excluding hydrogens is 200 g/mol. The topological polar surface area (TPSA) is 55.1 Å². The van der Waals surface area contributed by atoms with Crippen LogP contribution in [0.25, 0.3) is 0 Å². The second-order valence-electron chi connectivity index (χ2n) is 6.14. The van der Waals surface area contributed by atoms with E-state index in [-0.39, 0.29) is 17.2 Å². The normalized spacial score (nSPS) is 24.2. The van der Waals surface area contributed by atoms with E-state index in [9.17, 15) is 4.79 Å². The van der Waals surface area contributed by atoms with E-state index in [2.05, 4.69) is 33.0 Å². The van der Waals surface area contributed by atoms with E-state index >= 15 is 0 Å². The lowest BCUT2D eigenvalue weighted by Gasteiger charge is -2.36. The molecule has 0 aromatic carbocycles. The molecule has 0 aromatic rings. The van der Waals surface area contributed by atoms with Crippen LogP contribution in [-0.2, 0) is 4.79 Å². The first-order valence-electron chi connectivity index (χ1n) is 6.37.